The fourth-order valence-corrected chi connectivity index (χ4v) is 3.46. The fraction of sp³-hybridized carbons (Fsp3) is 0.375. The number of carbonyl (C=O) groups is 1. The minimum atomic E-state index is -0.510. The Labute approximate surface area is 187 Å². The van der Waals surface area contributed by atoms with Crippen LogP contribution in [0.4, 0.5) is 10.5 Å². The summed E-state index contributed by atoms with van der Waals surface area (Å²) in [6, 6.07) is 7.53. The monoisotopic (exact) mass is 434 g/mol. The Balaban J connectivity index is 1.57. The van der Waals surface area contributed by atoms with Gasteiger partial charge < -0.3 is 23.7 Å². The van der Waals surface area contributed by atoms with Crippen molar-refractivity contribution in [2.75, 3.05) is 38.2 Å². The lowest BCUT2D eigenvalue weighted by molar-refractivity contribution is 0.0240. The molecule has 0 spiro atoms. The Bertz CT molecular complexity index is 1160. The van der Waals surface area contributed by atoms with Crippen LogP contribution >= 0.6 is 0 Å². The van der Waals surface area contributed by atoms with Crippen LogP contribution in [0.5, 0.6) is 5.75 Å². The number of benzene rings is 1. The number of amides is 1. The molecule has 0 N–H and O–H groups in total. The number of oxazole rings is 1. The van der Waals surface area contributed by atoms with Crippen molar-refractivity contribution >= 4 is 22.9 Å². The molecule has 3 aromatic rings. The van der Waals surface area contributed by atoms with E-state index in [1.165, 1.54) is 0 Å². The quantitative estimate of drug-likeness (QED) is 0.569. The van der Waals surface area contributed by atoms with Gasteiger partial charge in [-0.1, -0.05) is 5.92 Å². The number of carbonyl (C=O) groups excluding carboxylic acids is 1. The van der Waals surface area contributed by atoms with Gasteiger partial charge in [0.15, 0.2) is 11.3 Å². The first kappa shape index (κ1) is 21.5. The number of anilines is 1. The maximum absolute atomic E-state index is 12.4. The summed E-state index contributed by atoms with van der Waals surface area (Å²) < 4.78 is 16.9. The summed E-state index contributed by atoms with van der Waals surface area (Å²) >= 11 is 0. The zero-order chi connectivity index (χ0) is 22.7. The lowest BCUT2D eigenvalue weighted by Gasteiger charge is -2.36. The molecule has 0 bridgehead atoms. The van der Waals surface area contributed by atoms with Crippen molar-refractivity contribution in [1.82, 2.24) is 14.9 Å². The van der Waals surface area contributed by atoms with Crippen molar-refractivity contribution < 1.29 is 18.7 Å². The smallest absolute Gasteiger partial charge is 0.410 e. The molecule has 0 atom stereocenters. The van der Waals surface area contributed by atoms with E-state index in [0.29, 0.717) is 48.9 Å². The highest BCUT2D eigenvalue weighted by Crippen LogP contribution is 2.34. The lowest BCUT2D eigenvalue weighted by Crippen LogP contribution is -2.50. The maximum atomic E-state index is 12.4. The number of rotatable bonds is 2. The van der Waals surface area contributed by atoms with Gasteiger partial charge >= 0.3 is 6.09 Å². The molecule has 1 fully saturated rings. The standard InChI is InChI=1S/C24H26N4O4/c1-24(2,3)32-23(29)28-14-12-27(13-15-28)18-8-9-19(30-4)22-21(18)26-20(31-22)10-7-17-6-5-11-25-16-17/h5-6,8-9,11,16H,12-15H2,1-4H3. The molecule has 32 heavy (non-hydrogen) atoms. The van der Waals surface area contributed by atoms with Crippen molar-refractivity contribution in [1.29, 1.82) is 0 Å². The van der Waals surface area contributed by atoms with Gasteiger partial charge in [-0.05, 0) is 51.0 Å². The normalized spacial score (nSPS) is 14.1. The molecule has 8 nitrogen and oxygen atoms in total. The van der Waals surface area contributed by atoms with Crippen LogP contribution in [-0.4, -0.2) is 59.9 Å². The first-order valence-corrected chi connectivity index (χ1v) is 10.5. The molecule has 3 heterocycles. The fourth-order valence-electron chi connectivity index (χ4n) is 3.46. The summed E-state index contributed by atoms with van der Waals surface area (Å²) in [5.41, 5.74) is 2.42. The van der Waals surface area contributed by atoms with Gasteiger partial charge in [0, 0.05) is 44.1 Å². The number of hydrogen-bond donors (Lipinski definition) is 0. The second kappa shape index (κ2) is 8.79. The number of methoxy groups -OCH3 is 1. The number of fused-ring (bicyclic) bond motifs is 1. The van der Waals surface area contributed by atoms with Gasteiger partial charge in [0.05, 0.1) is 12.8 Å². The topological polar surface area (TPSA) is 80.9 Å². The molecule has 1 amide bonds. The van der Waals surface area contributed by atoms with Crippen LogP contribution in [0, 0.1) is 11.8 Å². The average Bonchev–Trinajstić information content (AvgIpc) is 3.21. The Kier molecular flexibility index (Phi) is 5.91. The van der Waals surface area contributed by atoms with Gasteiger partial charge in [-0.3, -0.25) is 4.98 Å². The molecule has 4 rings (SSSR count). The molecule has 1 aliphatic rings. The molecule has 1 aromatic carbocycles. The second-order valence-corrected chi connectivity index (χ2v) is 8.43. The van der Waals surface area contributed by atoms with Crippen LogP contribution in [0.3, 0.4) is 0 Å². The van der Waals surface area contributed by atoms with Gasteiger partial charge in [0.2, 0.25) is 0 Å². The van der Waals surface area contributed by atoms with Gasteiger partial charge in [-0.25, -0.2) is 4.79 Å². The minimum absolute atomic E-state index is 0.286. The van der Waals surface area contributed by atoms with Crippen molar-refractivity contribution in [3.63, 3.8) is 0 Å². The van der Waals surface area contributed by atoms with E-state index in [2.05, 4.69) is 26.7 Å². The highest BCUT2D eigenvalue weighted by atomic mass is 16.6. The van der Waals surface area contributed by atoms with E-state index < -0.39 is 5.60 Å². The number of ether oxygens (including phenoxy) is 2. The highest BCUT2D eigenvalue weighted by molar-refractivity contribution is 5.92. The van der Waals surface area contributed by atoms with E-state index in [-0.39, 0.29) is 6.09 Å². The van der Waals surface area contributed by atoms with Crippen LogP contribution in [0.1, 0.15) is 32.2 Å². The summed E-state index contributed by atoms with van der Waals surface area (Å²) in [6.45, 7) is 8.05. The largest absolute Gasteiger partial charge is 0.493 e. The zero-order valence-corrected chi connectivity index (χ0v) is 18.7. The third kappa shape index (κ3) is 4.78. The second-order valence-electron chi connectivity index (χ2n) is 8.43. The minimum Gasteiger partial charge on any atom is -0.493 e. The Morgan fingerprint density at radius 3 is 2.56 bits per heavy atom. The van der Waals surface area contributed by atoms with Crippen molar-refractivity contribution in [2.45, 2.75) is 26.4 Å². The van der Waals surface area contributed by atoms with Crippen LogP contribution in [-0.2, 0) is 4.74 Å². The van der Waals surface area contributed by atoms with E-state index in [1.54, 1.807) is 24.4 Å². The first-order chi connectivity index (χ1) is 15.3. The molecule has 0 aliphatic carbocycles. The van der Waals surface area contributed by atoms with E-state index in [0.717, 1.165) is 11.3 Å². The molecular formula is C24H26N4O4. The van der Waals surface area contributed by atoms with E-state index in [1.807, 2.05) is 45.0 Å². The van der Waals surface area contributed by atoms with E-state index in [4.69, 9.17) is 13.9 Å². The molecule has 1 saturated heterocycles. The van der Waals surface area contributed by atoms with Crippen LogP contribution in [0.25, 0.3) is 11.1 Å². The predicted molar refractivity (Wildman–Crippen MR) is 121 cm³/mol. The Hall–Kier alpha value is -3.73. The molecule has 0 unspecified atom stereocenters. The highest BCUT2D eigenvalue weighted by Gasteiger charge is 2.27. The van der Waals surface area contributed by atoms with Crippen molar-refractivity contribution in [3.8, 4) is 17.6 Å². The predicted octanol–water partition coefficient (Wildman–Crippen LogP) is 3.69. The van der Waals surface area contributed by atoms with E-state index >= 15 is 0 Å². The number of aromatic nitrogens is 2. The summed E-state index contributed by atoms with van der Waals surface area (Å²) in [4.78, 5) is 25.0. The molecule has 1 aliphatic heterocycles. The van der Waals surface area contributed by atoms with Gasteiger partial charge in [-0.2, -0.15) is 4.98 Å². The summed E-state index contributed by atoms with van der Waals surface area (Å²) in [5, 5.41) is 0. The maximum Gasteiger partial charge on any atom is 0.410 e. The van der Waals surface area contributed by atoms with Gasteiger partial charge in [0.25, 0.3) is 5.89 Å². The van der Waals surface area contributed by atoms with Crippen molar-refractivity contribution in [2.24, 2.45) is 0 Å². The summed E-state index contributed by atoms with van der Waals surface area (Å²) in [6.07, 6.45) is 3.10. The third-order valence-corrected chi connectivity index (χ3v) is 4.95. The van der Waals surface area contributed by atoms with Crippen LogP contribution in [0.15, 0.2) is 41.1 Å². The Morgan fingerprint density at radius 2 is 1.91 bits per heavy atom. The Morgan fingerprint density at radius 1 is 1.12 bits per heavy atom. The average molecular weight is 434 g/mol. The van der Waals surface area contributed by atoms with Crippen LogP contribution in [0.2, 0.25) is 0 Å². The molecule has 0 saturated carbocycles. The molecular weight excluding hydrogens is 408 g/mol. The first-order valence-electron chi connectivity index (χ1n) is 10.5. The number of nitrogens with zero attached hydrogens (tertiary/aromatic N) is 4. The van der Waals surface area contributed by atoms with Crippen molar-refractivity contribution in [3.05, 3.63) is 48.1 Å². The zero-order valence-electron chi connectivity index (χ0n) is 18.7. The van der Waals surface area contributed by atoms with Crippen LogP contribution < -0.4 is 9.64 Å². The molecule has 166 valence electrons. The molecule has 8 heteroatoms. The summed E-state index contributed by atoms with van der Waals surface area (Å²) in [5.74, 6) is 6.88. The SMILES string of the molecule is COc1ccc(N2CCN(C(=O)OC(C)(C)C)CC2)c2nc(C#Cc3cccnc3)oc12. The molecule has 0 radical (unpaired) electrons. The van der Waals surface area contributed by atoms with E-state index in [9.17, 15) is 4.79 Å². The number of hydrogen-bond acceptors (Lipinski definition) is 7. The number of pyridine rings is 1. The lowest BCUT2D eigenvalue weighted by atomic mass is 10.2. The summed E-state index contributed by atoms with van der Waals surface area (Å²) in [7, 11) is 1.59. The molecule has 2 aromatic heterocycles. The number of piperazine rings is 1. The van der Waals surface area contributed by atoms with Gasteiger partial charge in [-0.15, -0.1) is 0 Å². The van der Waals surface area contributed by atoms with Gasteiger partial charge in [0.1, 0.15) is 11.1 Å². The third-order valence-electron chi connectivity index (χ3n) is 4.95.